The molecule has 1 aliphatic rings. The minimum absolute atomic E-state index is 0.0478. The Kier molecular flexibility index (Phi) is 4.05. The lowest BCUT2D eigenvalue weighted by Gasteiger charge is -2.08. The van der Waals surface area contributed by atoms with Gasteiger partial charge >= 0.3 is 0 Å². The monoisotopic (exact) mass is 391 g/mol. The normalized spacial score (nSPS) is 14.0. The molecule has 2 aromatic carbocycles. The van der Waals surface area contributed by atoms with E-state index < -0.39 is 0 Å². The fourth-order valence-electron chi connectivity index (χ4n) is 2.52. The van der Waals surface area contributed by atoms with Gasteiger partial charge in [-0.25, -0.2) is 0 Å². The molecule has 21 heavy (non-hydrogen) atoms. The maximum Gasteiger partial charge on any atom is 0.251 e. The lowest BCUT2D eigenvalue weighted by atomic mass is 9.96. The molecule has 4 heteroatoms. The zero-order valence-electron chi connectivity index (χ0n) is 11.4. The number of carbonyl (C=O) groups excluding carboxylic acids is 2. The van der Waals surface area contributed by atoms with Crippen molar-refractivity contribution < 1.29 is 9.59 Å². The third-order valence-electron chi connectivity index (χ3n) is 3.61. The SMILES string of the molecule is O=C(c1cccc(I)c1)c1ccc2c(c1)C(=O)NCCC2. The van der Waals surface area contributed by atoms with Crippen molar-refractivity contribution in [1.82, 2.24) is 5.32 Å². The predicted octanol–water partition coefficient (Wildman–Crippen LogP) is 3.20. The lowest BCUT2D eigenvalue weighted by molar-refractivity contribution is 0.0956. The van der Waals surface area contributed by atoms with Crippen LogP contribution in [0.25, 0.3) is 0 Å². The van der Waals surface area contributed by atoms with Crippen molar-refractivity contribution in [3.63, 3.8) is 0 Å². The summed E-state index contributed by atoms with van der Waals surface area (Å²) in [6.45, 7) is 0.688. The van der Waals surface area contributed by atoms with Crippen molar-refractivity contribution in [1.29, 1.82) is 0 Å². The van der Waals surface area contributed by atoms with Crippen molar-refractivity contribution in [2.75, 3.05) is 6.54 Å². The van der Waals surface area contributed by atoms with E-state index in [1.54, 1.807) is 12.1 Å². The van der Waals surface area contributed by atoms with Gasteiger partial charge in [-0.1, -0.05) is 24.3 Å². The first-order valence-corrected chi connectivity index (χ1v) is 7.94. The number of benzene rings is 2. The van der Waals surface area contributed by atoms with Crippen molar-refractivity contribution in [3.8, 4) is 0 Å². The molecule has 0 bridgehead atoms. The van der Waals surface area contributed by atoms with Crippen molar-refractivity contribution in [2.24, 2.45) is 0 Å². The highest BCUT2D eigenvalue weighted by molar-refractivity contribution is 14.1. The quantitative estimate of drug-likeness (QED) is 0.632. The topological polar surface area (TPSA) is 46.2 Å². The molecule has 1 heterocycles. The van der Waals surface area contributed by atoms with E-state index in [1.807, 2.05) is 30.3 Å². The second-order valence-corrected chi connectivity index (χ2v) is 6.32. The highest BCUT2D eigenvalue weighted by Crippen LogP contribution is 2.19. The van der Waals surface area contributed by atoms with E-state index >= 15 is 0 Å². The van der Waals surface area contributed by atoms with Crippen LogP contribution in [0.3, 0.4) is 0 Å². The van der Waals surface area contributed by atoms with Gasteiger partial charge in [0.15, 0.2) is 5.78 Å². The molecule has 1 aliphatic heterocycles. The highest BCUT2D eigenvalue weighted by Gasteiger charge is 2.18. The Morgan fingerprint density at radius 2 is 1.90 bits per heavy atom. The average Bonchev–Trinajstić information content (AvgIpc) is 2.68. The van der Waals surface area contributed by atoms with Crippen LogP contribution in [0.2, 0.25) is 0 Å². The summed E-state index contributed by atoms with van der Waals surface area (Å²) in [6.07, 6.45) is 1.80. The Balaban J connectivity index is 2.00. The molecule has 0 spiro atoms. The fourth-order valence-corrected chi connectivity index (χ4v) is 3.06. The second kappa shape index (κ2) is 5.97. The molecule has 0 saturated carbocycles. The molecule has 106 valence electrons. The van der Waals surface area contributed by atoms with Crippen LogP contribution in [0, 0.1) is 3.57 Å². The van der Waals surface area contributed by atoms with E-state index in [4.69, 9.17) is 0 Å². The Bertz CT molecular complexity index is 724. The summed E-state index contributed by atoms with van der Waals surface area (Å²) in [5, 5.41) is 2.86. The van der Waals surface area contributed by atoms with E-state index in [0.717, 1.165) is 22.0 Å². The summed E-state index contributed by atoms with van der Waals surface area (Å²) in [5.41, 5.74) is 2.86. The van der Waals surface area contributed by atoms with Crippen LogP contribution in [-0.4, -0.2) is 18.2 Å². The van der Waals surface area contributed by atoms with Crippen LogP contribution in [0.4, 0.5) is 0 Å². The van der Waals surface area contributed by atoms with Gasteiger partial charge in [0.1, 0.15) is 0 Å². The summed E-state index contributed by atoms with van der Waals surface area (Å²) in [6, 6.07) is 12.9. The number of hydrogen-bond acceptors (Lipinski definition) is 2. The first kappa shape index (κ1) is 14.3. The fraction of sp³-hybridized carbons (Fsp3) is 0.176. The molecule has 1 amide bonds. The molecule has 1 N–H and O–H groups in total. The number of carbonyl (C=O) groups is 2. The number of aryl methyl sites for hydroxylation is 1. The van der Waals surface area contributed by atoms with Gasteiger partial charge in [-0.3, -0.25) is 9.59 Å². The Morgan fingerprint density at radius 1 is 1.10 bits per heavy atom. The summed E-state index contributed by atoms with van der Waals surface area (Å²) in [5.74, 6) is -0.131. The van der Waals surface area contributed by atoms with Crippen molar-refractivity contribution in [2.45, 2.75) is 12.8 Å². The first-order chi connectivity index (χ1) is 10.1. The van der Waals surface area contributed by atoms with Crippen LogP contribution in [0.5, 0.6) is 0 Å². The predicted molar refractivity (Wildman–Crippen MR) is 89.7 cm³/mol. The molecule has 0 fully saturated rings. The van der Waals surface area contributed by atoms with E-state index in [0.29, 0.717) is 23.2 Å². The molecule has 3 rings (SSSR count). The van der Waals surface area contributed by atoms with Gasteiger partial charge in [0.2, 0.25) is 0 Å². The molecular weight excluding hydrogens is 377 g/mol. The largest absolute Gasteiger partial charge is 0.352 e. The van der Waals surface area contributed by atoms with Gasteiger partial charge in [0.05, 0.1) is 0 Å². The third-order valence-corrected chi connectivity index (χ3v) is 4.28. The van der Waals surface area contributed by atoms with E-state index in [1.165, 1.54) is 0 Å². The van der Waals surface area contributed by atoms with Gasteiger partial charge in [0, 0.05) is 26.8 Å². The Labute approximate surface area is 136 Å². The highest BCUT2D eigenvalue weighted by atomic mass is 127. The third kappa shape index (κ3) is 3.00. The number of halogens is 1. The van der Waals surface area contributed by atoms with Crippen molar-refractivity contribution >= 4 is 34.3 Å². The van der Waals surface area contributed by atoms with Crippen LogP contribution in [0.1, 0.15) is 38.3 Å². The standard InChI is InChI=1S/C17H14INO2/c18-14-5-1-3-12(9-14)16(20)13-7-6-11-4-2-8-19-17(21)15(11)10-13/h1,3,5-7,9-10H,2,4,8H2,(H,19,21). The number of amides is 1. The smallest absolute Gasteiger partial charge is 0.251 e. The van der Waals surface area contributed by atoms with Crippen LogP contribution < -0.4 is 5.32 Å². The number of fused-ring (bicyclic) bond motifs is 1. The minimum Gasteiger partial charge on any atom is -0.352 e. The van der Waals surface area contributed by atoms with E-state index in [2.05, 4.69) is 27.9 Å². The molecule has 3 nitrogen and oxygen atoms in total. The minimum atomic E-state index is -0.0835. The van der Waals surface area contributed by atoms with Crippen LogP contribution in [-0.2, 0) is 6.42 Å². The summed E-state index contributed by atoms with van der Waals surface area (Å²) in [7, 11) is 0. The zero-order valence-corrected chi connectivity index (χ0v) is 13.5. The Morgan fingerprint density at radius 3 is 2.71 bits per heavy atom. The number of rotatable bonds is 2. The molecule has 0 saturated heterocycles. The summed E-state index contributed by atoms with van der Waals surface area (Å²) < 4.78 is 1.02. The second-order valence-electron chi connectivity index (χ2n) is 5.07. The van der Waals surface area contributed by atoms with Gasteiger partial charge in [0.25, 0.3) is 5.91 Å². The molecule has 0 aromatic heterocycles. The maximum absolute atomic E-state index is 12.5. The number of hydrogen-bond donors (Lipinski definition) is 1. The molecule has 0 atom stereocenters. The van der Waals surface area contributed by atoms with Gasteiger partial charge in [-0.05, 0) is 59.2 Å². The average molecular weight is 391 g/mol. The Hall–Kier alpha value is -1.69. The first-order valence-electron chi connectivity index (χ1n) is 6.86. The molecule has 0 radical (unpaired) electrons. The molecule has 0 aliphatic carbocycles. The van der Waals surface area contributed by atoms with E-state index in [9.17, 15) is 9.59 Å². The van der Waals surface area contributed by atoms with Crippen LogP contribution in [0.15, 0.2) is 42.5 Å². The molecule has 2 aromatic rings. The van der Waals surface area contributed by atoms with Gasteiger partial charge in [-0.2, -0.15) is 0 Å². The molecule has 0 unspecified atom stereocenters. The van der Waals surface area contributed by atoms with Crippen molar-refractivity contribution in [3.05, 3.63) is 68.3 Å². The summed E-state index contributed by atoms with van der Waals surface area (Å²) in [4.78, 5) is 24.6. The summed E-state index contributed by atoms with van der Waals surface area (Å²) >= 11 is 2.18. The van der Waals surface area contributed by atoms with Crippen LogP contribution >= 0.6 is 22.6 Å². The van der Waals surface area contributed by atoms with Gasteiger partial charge in [-0.15, -0.1) is 0 Å². The molecular formula is C17H14INO2. The van der Waals surface area contributed by atoms with E-state index in [-0.39, 0.29) is 11.7 Å². The zero-order chi connectivity index (χ0) is 14.8. The maximum atomic E-state index is 12.5. The van der Waals surface area contributed by atoms with Gasteiger partial charge < -0.3 is 5.32 Å². The lowest BCUT2D eigenvalue weighted by Crippen LogP contribution is -2.22. The number of nitrogens with one attached hydrogen (secondary N) is 1. The number of ketones is 1.